The molecule has 20 heavy (non-hydrogen) atoms. The Labute approximate surface area is 122 Å². The number of hydrogen-bond donors (Lipinski definition) is 1. The first-order valence-corrected chi connectivity index (χ1v) is 7.27. The second-order valence-electron chi connectivity index (χ2n) is 4.62. The molecular weight excluding hydrogens is 266 g/mol. The zero-order chi connectivity index (χ0) is 13.9. The first kappa shape index (κ1) is 12.8. The number of nitrogens with one attached hydrogen (secondary N) is 1. The van der Waals surface area contributed by atoms with E-state index in [0.29, 0.717) is 0 Å². The molecule has 0 bridgehead atoms. The maximum Gasteiger partial charge on any atom is 0.204 e. The zero-order valence-electron chi connectivity index (χ0n) is 11.4. The minimum absolute atomic E-state index is 0.824. The zero-order valence-corrected chi connectivity index (χ0v) is 12.2. The van der Waals surface area contributed by atoms with Gasteiger partial charge in [0.15, 0.2) is 0 Å². The number of nitrogens with zero attached hydrogens (tertiary/aromatic N) is 2. The van der Waals surface area contributed by atoms with E-state index in [1.54, 1.807) is 11.3 Å². The summed E-state index contributed by atoms with van der Waals surface area (Å²) in [4.78, 5) is 4.58. The molecule has 0 saturated carbocycles. The van der Waals surface area contributed by atoms with Gasteiger partial charge in [0.05, 0.1) is 15.9 Å². The van der Waals surface area contributed by atoms with Crippen LogP contribution in [0.2, 0.25) is 0 Å². The number of anilines is 1. The fraction of sp³-hybridized carbons (Fsp3) is 0.125. The average molecular weight is 281 g/mol. The van der Waals surface area contributed by atoms with E-state index >= 15 is 0 Å². The number of aromatic nitrogens is 1. The average Bonchev–Trinajstić information content (AvgIpc) is 2.90. The van der Waals surface area contributed by atoms with Gasteiger partial charge in [0.25, 0.3) is 0 Å². The minimum Gasteiger partial charge on any atom is -0.252 e. The Morgan fingerprint density at radius 2 is 1.90 bits per heavy atom. The van der Waals surface area contributed by atoms with Gasteiger partial charge in [-0.2, -0.15) is 5.10 Å². The van der Waals surface area contributed by atoms with Gasteiger partial charge in [0, 0.05) is 0 Å². The predicted molar refractivity (Wildman–Crippen MR) is 86.6 cm³/mol. The predicted octanol–water partition coefficient (Wildman–Crippen LogP) is 4.44. The van der Waals surface area contributed by atoms with Crippen LogP contribution in [-0.2, 0) is 0 Å². The monoisotopic (exact) mass is 281 g/mol. The summed E-state index contributed by atoms with van der Waals surface area (Å²) in [6.45, 7) is 4.06. The fourth-order valence-corrected chi connectivity index (χ4v) is 2.90. The molecule has 4 heteroatoms. The van der Waals surface area contributed by atoms with Gasteiger partial charge in [-0.1, -0.05) is 53.8 Å². The number of para-hydroxylation sites is 1. The van der Waals surface area contributed by atoms with E-state index < -0.39 is 0 Å². The Bertz CT molecular complexity index is 760. The third-order valence-electron chi connectivity index (χ3n) is 3.13. The topological polar surface area (TPSA) is 37.3 Å². The largest absolute Gasteiger partial charge is 0.252 e. The van der Waals surface area contributed by atoms with Crippen LogP contribution in [-0.4, -0.2) is 10.7 Å². The molecule has 0 fully saturated rings. The number of fused-ring (bicyclic) bond motifs is 1. The smallest absolute Gasteiger partial charge is 0.204 e. The molecular formula is C16H15N3S. The molecule has 3 aromatic rings. The summed E-state index contributed by atoms with van der Waals surface area (Å²) in [5.74, 6) is 0. The third-order valence-corrected chi connectivity index (χ3v) is 4.06. The van der Waals surface area contributed by atoms with Crippen molar-refractivity contribution in [3.05, 3.63) is 59.7 Å². The Morgan fingerprint density at radius 1 is 1.10 bits per heavy atom. The molecule has 0 aliphatic rings. The summed E-state index contributed by atoms with van der Waals surface area (Å²) in [6.07, 6.45) is 0. The van der Waals surface area contributed by atoms with Crippen molar-refractivity contribution < 1.29 is 0 Å². The molecule has 0 unspecified atom stereocenters. The van der Waals surface area contributed by atoms with E-state index in [0.717, 1.165) is 21.9 Å². The van der Waals surface area contributed by atoms with Crippen molar-refractivity contribution in [1.29, 1.82) is 0 Å². The lowest BCUT2D eigenvalue weighted by molar-refractivity contribution is 1.28. The maximum absolute atomic E-state index is 4.58. The summed E-state index contributed by atoms with van der Waals surface area (Å²) in [6, 6.07) is 16.3. The quantitative estimate of drug-likeness (QED) is 0.569. The fourth-order valence-electron chi connectivity index (χ4n) is 2.01. The van der Waals surface area contributed by atoms with Gasteiger partial charge in [0.2, 0.25) is 5.13 Å². The second-order valence-corrected chi connectivity index (χ2v) is 5.65. The van der Waals surface area contributed by atoms with Crippen LogP contribution in [0.5, 0.6) is 0 Å². The number of benzene rings is 2. The molecule has 0 atom stereocenters. The molecule has 0 radical (unpaired) electrons. The van der Waals surface area contributed by atoms with Crippen LogP contribution >= 0.6 is 11.3 Å². The van der Waals surface area contributed by atoms with Gasteiger partial charge in [-0.25, -0.2) is 4.98 Å². The van der Waals surface area contributed by atoms with Crippen LogP contribution in [0.4, 0.5) is 5.13 Å². The summed E-state index contributed by atoms with van der Waals surface area (Å²) < 4.78 is 1.18. The molecule has 3 rings (SSSR count). The minimum atomic E-state index is 0.824. The van der Waals surface area contributed by atoms with E-state index in [-0.39, 0.29) is 0 Å². The third kappa shape index (κ3) is 2.56. The van der Waals surface area contributed by atoms with Gasteiger partial charge in [0.1, 0.15) is 0 Å². The summed E-state index contributed by atoms with van der Waals surface area (Å²) >= 11 is 1.62. The van der Waals surface area contributed by atoms with Crippen molar-refractivity contribution in [2.24, 2.45) is 5.10 Å². The van der Waals surface area contributed by atoms with Crippen molar-refractivity contribution >= 4 is 32.4 Å². The summed E-state index contributed by atoms with van der Waals surface area (Å²) in [7, 11) is 0. The van der Waals surface area contributed by atoms with Crippen molar-refractivity contribution in [2.45, 2.75) is 13.8 Å². The number of rotatable bonds is 3. The van der Waals surface area contributed by atoms with Gasteiger partial charge < -0.3 is 0 Å². The summed E-state index contributed by atoms with van der Waals surface area (Å²) in [5.41, 5.74) is 7.35. The van der Waals surface area contributed by atoms with Crippen molar-refractivity contribution in [2.75, 3.05) is 5.43 Å². The lowest BCUT2D eigenvalue weighted by Crippen LogP contribution is -1.98. The van der Waals surface area contributed by atoms with E-state index in [1.165, 1.54) is 10.3 Å². The number of aryl methyl sites for hydroxylation is 1. The van der Waals surface area contributed by atoms with E-state index in [4.69, 9.17) is 0 Å². The Morgan fingerprint density at radius 3 is 2.65 bits per heavy atom. The van der Waals surface area contributed by atoms with Gasteiger partial charge in [-0.05, 0) is 31.0 Å². The number of hydrazone groups is 1. The van der Waals surface area contributed by atoms with Gasteiger partial charge in [-0.3, -0.25) is 5.43 Å². The molecule has 0 aliphatic heterocycles. The highest BCUT2D eigenvalue weighted by molar-refractivity contribution is 7.22. The van der Waals surface area contributed by atoms with E-state index in [1.807, 2.05) is 37.3 Å². The SMILES string of the molecule is C/C(=N\Nc1nc2c(C)cccc2s1)c1ccccc1. The van der Waals surface area contributed by atoms with Crippen molar-refractivity contribution in [3.63, 3.8) is 0 Å². The Balaban J connectivity index is 1.85. The molecule has 0 spiro atoms. The van der Waals surface area contributed by atoms with Gasteiger partial charge in [-0.15, -0.1) is 0 Å². The lowest BCUT2D eigenvalue weighted by Gasteiger charge is -2.00. The molecule has 1 aromatic heterocycles. The molecule has 0 saturated heterocycles. The van der Waals surface area contributed by atoms with Crippen molar-refractivity contribution in [1.82, 2.24) is 4.98 Å². The highest BCUT2D eigenvalue weighted by Gasteiger charge is 2.05. The van der Waals surface area contributed by atoms with Crippen LogP contribution in [0.25, 0.3) is 10.2 Å². The first-order valence-electron chi connectivity index (χ1n) is 6.46. The van der Waals surface area contributed by atoms with Crippen LogP contribution in [0.3, 0.4) is 0 Å². The highest BCUT2D eigenvalue weighted by atomic mass is 32.1. The molecule has 100 valence electrons. The molecule has 0 amide bonds. The van der Waals surface area contributed by atoms with Crippen LogP contribution in [0.15, 0.2) is 53.6 Å². The highest BCUT2D eigenvalue weighted by Crippen LogP contribution is 2.27. The van der Waals surface area contributed by atoms with Gasteiger partial charge >= 0.3 is 0 Å². The standard InChI is InChI=1S/C16H15N3S/c1-11-7-6-10-14-15(11)17-16(20-14)19-18-12(2)13-8-4-3-5-9-13/h3-10H,1-2H3,(H,17,19)/b18-12+. The van der Waals surface area contributed by atoms with Crippen LogP contribution in [0.1, 0.15) is 18.1 Å². The summed E-state index contributed by atoms with van der Waals surface area (Å²) in [5, 5.41) is 5.23. The maximum atomic E-state index is 4.58. The normalized spacial score (nSPS) is 11.8. The molecule has 1 heterocycles. The second kappa shape index (κ2) is 5.43. The number of thiazole rings is 1. The molecule has 3 nitrogen and oxygen atoms in total. The Kier molecular flexibility index (Phi) is 3.48. The van der Waals surface area contributed by atoms with Crippen LogP contribution < -0.4 is 5.43 Å². The van der Waals surface area contributed by atoms with Crippen molar-refractivity contribution in [3.8, 4) is 0 Å². The molecule has 1 N–H and O–H groups in total. The van der Waals surface area contributed by atoms with E-state index in [2.05, 4.69) is 40.6 Å². The lowest BCUT2D eigenvalue weighted by atomic mass is 10.1. The first-order chi connectivity index (χ1) is 9.74. The Hall–Kier alpha value is -2.20. The molecule has 2 aromatic carbocycles. The molecule has 0 aliphatic carbocycles. The van der Waals surface area contributed by atoms with E-state index in [9.17, 15) is 0 Å². The number of hydrogen-bond acceptors (Lipinski definition) is 4. The van der Waals surface area contributed by atoms with Crippen LogP contribution in [0, 0.1) is 6.92 Å².